The van der Waals surface area contributed by atoms with Gasteiger partial charge in [-0.2, -0.15) is 10.5 Å². The Labute approximate surface area is 288 Å². The zero-order valence-corrected chi connectivity index (χ0v) is 31.7. The summed E-state index contributed by atoms with van der Waals surface area (Å²) in [6.07, 6.45) is 2.50. The minimum Gasteiger partial charge on any atom is -0.444 e. The number of carbonyl (C=O) groups excluding carboxylic acids is 2. The Morgan fingerprint density at radius 2 is 1.35 bits per heavy atom. The molecule has 2 aliphatic rings. The number of hydrogen-bond donors (Lipinski definition) is 1. The van der Waals surface area contributed by atoms with Crippen molar-refractivity contribution in [2.45, 2.75) is 129 Å². The Hall–Kier alpha value is -3.86. The Balaban J connectivity index is 0.000000284. The number of fused-ring (bicyclic) bond motifs is 2. The van der Waals surface area contributed by atoms with Gasteiger partial charge in [0.25, 0.3) is 0 Å². The fourth-order valence-electron chi connectivity index (χ4n) is 5.73. The van der Waals surface area contributed by atoms with Gasteiger partial charge in [0.2, 0.25) is 0 Å². The van der Waals surface area contributed by atoms with Crippen LogP contribution in [0.25, 0.3) is 0 Å². The van der Waals surface area contributed by atoms with E-state index in [4.69, 9.17) is 19.2 Å². The quantitative estimate of drug-likeness (QED) is 0.304. The monoisotopic (exact) mass is 674 g/mol. The molecule has 10 heteroatoms. The average molecular weight is 675 g/mol. The van der Waals surface area contributed by atoms with E-state index < -0.39 is 25.6 Å². The van der Waals surface area contributed by atoms with Crippen LogP contribution in [0, 0.1) is 22.7 Å². The third-order valence-corrected chi connectivity index (χ3v) is 13.6. The highest BCUT2D eigenvalue weighted by Crippen LogP contribution is 2.39. The number of alkyl carbamates (subject to hydrolysis) is 1. The van der Waals surface area contributed by atoms with E-state index in [9.17, 15) is 14.9 Å². The van der Waals surface area contributed by atoms with Gasteiger partial charge in [0.1, 0.15) is 11.2 Å². The van der Waals surface area contributed by atoms with E-state index in [1.165, 1.54) is 0 Å². The van der Waals surface area contributed by atoms with E-state index in [2.05, 4.69) is 51.3 Å². The Morgan fingerprint density at radius 1 is 0.833 bits per heavy atom. The van der Waals surface area contributed by atoms with Gasteiger partial charge in [-0.05, 0) is 120 Å². The highest BCUT2D eigenvalue weighted by molar-refractivity contribution is 6.74. The van der Waals surface area contributed by atoms with Crippen LogP contribution in [0.3, 0.4) is 0 Å². The van der Waals surface area contributed by atoms with Crippen molar-refractivity contribution in [3.8, 4) is 12.1 Å². The molecule has 0 saturated carbocycles. The number of benzene rings is 2. The molecule has 1 N–H and O–H groups in total. The van der Waals surface area contributed by atoms with Crippen molar-refractivity contribution < 1.29 is 23.5 Å². The molecule has 0 radical (unpaired) electrons. The summed E-state index contributed by atoms with van der Waals surface area (Å²) in [5, 5.41) is 21.5. The molecule has 0 saturated heterocycles. The van der Waals surface area contributed by atoms with Crippen molar-refractivity contribution in [3.63, 3.8) is 0 Å². The van der Waals surface area contributed by atoms with Crippen LogP contribution in [-0.2, 0) is 26.7 Å². The lowest BCUT2D eigenvalue weighted by atomic mass is 10.0. The lowest BCUT2D eigenvalue weighted by molar-refractivity contribution is 0.0125. The van der Waals surface area contributed by atoms with Crippen LogP contribution in [0.15, 0.2) is 36.4 Å². The lowest BCUT2D eigenvalue weighted by Gasteiger charge is -2.38. The lowest BCUT2D eigenvalue weighted by Crippen LogP contribution is -2.45. The number of ether oxygens (including phenoxy) is 2. The van der Waals surface area contributed by atoms with Gasteiger partial charge in [0.15, 0.2) is 8.32 Å². The van der Waals surface area contributed by atoms with Crippen molar-refractivity contribution in [1.82, 2.24) is 10.2 Å². The molecule has 0 heterocycles. The van der Waals surface area contributed by atoms with Gasteiger partial charge >= 0.3 is 12.2 Å². The van der Waals surface area contributed by atoms with Crippen molar-refractivity contribution in [3.05, 3.63) is 69.8 Å². The topological polar surface area (TPSA) is 125 Å². The van der Waals surface area contributed by atoms with E-state index in [1.54, 1.807) is 4.90 Å². The minimum atomic E-state index is -1.90. The largest absolute Gasteiger partial charge is 0.444 e. The number of hydrogen-bond acceptors (Lipinski definition) is 7. The number of nitriles is 2. The Bertz CT molecular complexity index is 1550. The van der Waals surface area contributed by atoms with Gasteiger partial charge in [0, 0.05) is 6.54 Å². The summed E-state index contributed by atoms with van der Waals surface area (Å²) in [5.41, 5.74) is 4.53. The number of amides is 2. The second-order valence-corrected chi connectivity index (χ2v) is 20.9. The van der Waals surface area contributed by atoms with Crippen LogP contribution in [0.4, 0.5) is 9.59 Å². The molecular formula is C38H54N4O5Si. The van der Waals surface area contributed by atoms with Crippen molar-refractivity contribution in [2.24, 2.45) is 0 Å². The number of nitrogens with one attached hydrogen (secondary N) is 1. The smallest absolute Gasteiger partial charge is 0.410 e. The van der Waals surface area contributed by atoms with Crippen LogP contribution >= 0.6 is 0 Å². The number of carbonyl (C=O) groups is 2. The fraction of sp³-hybridized carbons (Fsp3) is 0.579. The molecule has 48 heavy (non-hydrogen) atoms. The molecule has 2 amide bonds. The molecule has 9 nitrogen and oxygen atoms in total. The molecule has 2 atom stereocenters. The summed E-state index contributed by atoms with van der Waals surface area (Å²) >= 11 is 0. The maximum Gasteiger partial charge on any atom is 0.410 e. The van der Waals surface area contributed by atoms with Crippen LogP contribution in [-0.4, -0.2) is 49.8 Å². The molecule has 0 fully saturated rings. The van der Waals surface area contributed by atoms with Crippen LogP contribution in [0.2, 0.25) is 18.1 Å². The molecule has 0 spiro atoms. The molecule has 2 aromatic rings. The van der Waals surface area contributed by atoms with E-state index >= 15 is 0 Å². The van der Waals surface area contributed by atoms with Gasteiger partial charge in [-0.25, -0.2) is 9.59 Å². The van der Waals surface area contributed by atoms with E-state index in [-0.39, 0.29) is 23.2 Å². The third kappa shape index (κ3) is 10.1. The minimum absolute atomic E-state index is 0.0573. The summed E-state index contributed by atoms with van der Waals surface area (Å²) < 4.78 is 17.3. The second-order valence-electron chi connectivity index (χ2n) is 16.0. The fourth-order valence-corrected chi connectivity index (χ4v) is 6.76. The summed E-state index contributed by atoms with van der Waals surface area (Å²) in [6.45, 7) is 23.2. The summed E-state index contributed by atoms with van der Waals surface area (Å²) in [7, 11) is -1.90. The van der Waals surface area contributed by atoms with E-state index in [0.717, 1.165) is 47.9 Å². The summed E-state index contributed by atoms with van der Waals surface area (Å²) in [6, 6.07) is 15.7. The van der Waals surface area contributed by atoms with Gasteiger partial charge in [-0.3, -0.25) is 4.90 Å². The molecule has 2 aliphatic carbocycles. The molecule has 0 aromatic heterocycles. The van der Waals surface area contributed by atoms with Gasteiger partial charge in [-0.15, -0.1) is 0 Å². The second kappa shape index (κ2) is 15.1. The molecule has 260 valence electrons. The Kier molecular flexibility index (Phi) is 12.2. The molecule has 2 aromatic carbocycles. The third-order valence-electron chi connectivity index (χ3n) is 9.05. The van der Waals surface area contributed by atoms with E-state index in [1.807, 2.05) is 77.9 Å². The van der Waals surface area contributed by atoms with Crippen molar-refractivity contribution >= 4 is 20.5 Å². The first kappa shape index (κ1) is 38.6. The number of rotatable bonds is 6. The number of nitrogens with zero attached hydrogens (tertiary/aromatic N) is 3. The van der Waals surface area contributed by atoms with Gasteiger partial charge in [-0.1, -0.05) is 45.0 Å². The first-order chi connectivity index (χ1) is 22.2. The van der Waals surface area contributed by atoms with Crippen LogP contribution in [0.1, 0.15) is 121 Å². The predicted molar refractivity (Wildman–Crippen MR) is 190 cm³/mol. The normalized spacial score (nSPS) is 17.1. The SMILES string of the molecule is CC(C)(C)OC(=O)N(CCO[Si](C)(C)C(C)(C)C)[C@@H]1CCc2c(C#N)cccc21.CC(C)(C)OC(=O)N[C@@H]1CCc2c(C#N)cccc21. The standard InChI is InChI=1S/C23H36N2O3Si.C15H18N2O2/c1-22(2,3)28-21(26)25(14-15-27-29(7,8)23(4,5)6)20-13-12-18-17(16-24)10-9-11-19(18)20;1-15(2,3)19-14(18)17-13-8-7-11-10(9-16)5-4-6-12(11)13/h9-11,20H,12-15H2,1-8H3;4-6,13H,7-8H2,1-3H3,(H,17,18)/t20-;13-/m11/s1. The maximum absolute atomic E-state index is 13.1. The molecular weight excluding hydrogens is 621 g/mol. The van der Waals surface area contributed by atoms with Gasteiger partial charge in [0.05, 0.1) is 42.0 Å². The van der Waals surface area contributed by atoms with Gasteiger partial charge < -0.3 is 19.2 Å². The zero-order chi connectivity index (χ0) is 36.1. The zero-order valence-electron chi connectivity index (χ0n) is 30.7. The van der Waals surface area contributed by atoms with Crippen LogP contribution < -0.4 is 5.32 Å². The van der Waals surface area contributed by atoms with Crippen LogP contribution in [0.5, 0.6) is 0 Å². The average Bonchev–Trinajstić information content (AvgIpc) is 3.57. The van der Waals surface area contributed by atoms with Crippen molar-refractivity contribution in [1.29, 1.82) is 10.5 Å². The summed E-state index contributed by atoms with van der Waals surface area (Å²) in [4.78, 5) is 26.6. The Morgan fingerprint density at radius 3 is 1.88 bits per heavy atom. The molecule has 4 rings (SSSR count). The van der Waals surface area contributed by atoms with Crippen molar-refractivity contribution in [2.75, 3.05) is 13.2 Å². The molecule has 0 bridgehead atoms. The summed E-state index contributed by atoms with van der Waals surface area (Å²) in [5.74, 6) is 0. The predicted octanol–water partition coefficient (Wildman–Crippen LogP) is 8.87. The first-order valence-corrected chi connectivity index (χ1v) is 19.7. The maximum atomic E-state index is 13.1. The highest BCUT2D eigenvalue weighted by atomic mass is 28.4. The molecule has 0 aliphatic heterocycles. The highest BCUT2D eigenvalue weighted by Gasteiger charge is 2.39. The first-order valence-electron chi connectivity index (χ1n) is 16.8. The van der Waals surface area contributed by atoms with E-state index in [0.29, 0.717) is 24.3 Å². The molecule has 0 unspecified atom stereocenters.